The van der Waals surface area contributed by atoms with Gasteiger partial charge in [0.25, 0.3) is 5.91 Å². The lowest BCUT2D eigenvalue weighted by Crippen LogP contribution is -2.35. The third kappa shape index (κ3) is 2.16. The first kappa shape index (κ1) is 15.3. The van der Waals surface area contributed by atoms with Crippen molar-refractivity contribution in [3.05, 3.63) is 23.7 Å². The van der Waals surface area contributed by atoms with E-state index in [2.05, 4.69) is 20.5 Å². The van der Waals surface area contributed by atoms with Crippen LogP contribution in [0.25, 0.3) is 0 Å². The molecule has 2 aromatic heterocycles. The summed E-state index contributed by atoms with van der Waals surface area (Å²) in [5, 5.41) is 16.3. The Kier molecular flexibility index (Phi) is 3.62. The van der Waals surface area contributed by atoms with Crippen LogP contribution in [0.15, 0.2) is 10.6 Å². The highest BCUT2D eigenvalue weighted by molar-refractivity contribution is 5.92. The molecule has 0 unspecified atom stereocenters. The topological polar surface area (TPSA) is 89.9 Å². The Bertz CT molecular complexity index is 753. The molecule has 0 spiro atoms. The number of amides is 1. The average molecular weight is 330 g/mol. The van der Waals surface area contributed by atoms with Gasteiger partial charge in [-0.2, -0.15) is 0 Å². The first-order chi connectivity index (χ1) is 11.7. The molecule has 2 fully saturated rings. The molecule has 8 nitrogen and oxygen atoms in total. The Labute approximate surface area is 140 Å². The SMILES string of the molecule is CCc1nnc([C@]23CCC[C@H]2CN(C(=O)c2cnnn2CC)C3)o1. The molecular weight excluding hydrogens is 308 g/mol. The number of fused-ring (bicyclic) bond motifs is 1. The molecule has 2 aromatic rings. The summed E-state index contributed by atoms with van der Waals surface area (Å²) in [5.74, 6) is 1.76. The second-order valence-corrected chi connectivity index (χ2v) is 6.72. The van der Waals surface area contributed by atoms with Crippen LogP contribution in [0.1, 0.15) is 55.4 Å². The van der Waals surface area contributed by atoms with Gasteiger partial charge in [0.05, 0.1) is 11.6 Å². The van der Waals surface area contributed by atoms with Crippen LogP contribution < -0.4 is 0 Å². The van der Waals surface area contributed by atoms with Crippen molar-refractivity contribution >= 4 is 5.91 Å². The van der Waals surface area contributed by atoms with Crippen molar-refractivity contribution in [1.82, 2.24) is 30.1 Å². The number of hydrogen-bond donors (Lipinski definition) is 0. The van der Waals surface area contributed by atoms with Gasteiger partial charge in [0, 0.05) is 26.1 Å². The van der Waals surface area contributed by atoms with Gasteiger partial charge in [0.15, 0.2) is 0 Å². The van der Waals surface area contributed by atoms with Crippen LogP contribution in [0.5, 0.6) is 0 Å². The van der Waals surface area contributed by atoms with Crippen LogP contribution >= 0.6 is 0 Å². The van der Waals surface area contributed by atoms with E-state index in [9.17, 15) is 4.79 Å². The molecule has 0 aromatic carbocycles. The Hall–Kier alpha value is -2.25. The lowest BCUT2D eigenvalue weighted by atomic mass is 9.80. The number of likely N-dealkylation sites (tertiary alicyclic amines) is 1. The summed E-state index contributed by atoms with van der Waals surface area (Å²) in [6.45, 7) is 5.96. The predicted molar refractivity (Wildman–Crippen MR) is 84.3 cm³/mol. The fourth-order valence-corrected chi connectivity index (χ4v) is 4.21. The van der Waals surface area contributed by atoms with Crippen LogP contribution in [0.2, 0.25) is 0 Å². The molecule has 0 N–H and O–H groups in total. The lowest BCUT2D eigenvalue weighted by Gasteiger charge is -2.24. The number of aromatic nitrogens is 5. The number of aryl methyl sites for hydroxylation is 2. The maximum Gasteiger partial charge on any atom is 0.273 e. The molecule has 24 heavy (non-hydrogen) atoms. The maximum atomic E-state index is 12.9. The minimum absolute atomic E-state index is 0.00847. The summed E-state index contributed by atoms with van der Waals surface area (Å²) < 4.78 is 7.54. The van der Waals surface area contributed by atoms with Gasteiger partial charge in [-0.15, -0.1) is 15.3 Å². The summed E-state index contributed by atoms with van der Waals surface area (Å²) in [7, 11) is 0. The minimum atomic E-state index is -0.180. The molecule has 1 aliphatic carbocycles. The number of carbonyl (C=O) groups is 1. The molecule has 1 amide bonds. The van der Waals surface area contributed by atoms with Gasteiger partial charge in [-0.1, -0.05) is 18.6 Å². The summed E-state index contributed by atoms with van der Waals surface area (Å²) >= 11 is 0. The van der Waals surface area contributed by atoms with Crippen molar-refractivity contribution < 1.29 is 9.21 Å². The van der Waals surface area contributed by atoms with Crippen molar-refractivity contribution in [1.29, 1.82) is 0 Å². The van der Waals surface area contributed by atoms with Crippen molar-refractivity contribution in [2.24, 2.45) is 5.92 Å². The molecule has 2 aliphatic rings. The van der Waals surface area contributed by atoms with E-state index in [1.807, 2.05) is 18.7 Å². The van der Waals surface area contributed by atoms with Gasteiger partial charge in [-0.3, -0.25) is 4.79 Å². The molecule has 128 valence electrons. The van der Waals surface area contributed by atoms with Crippen LogP contribution in [0.3, 0.4) is 0 Å². The highest BCUT2D eigenvalue weighted by Crippen LogP contribution is 2.50. The van der Waals surface area contributed by atoms with Crippen molar-refractivity contribution in [3.8, 4) is 0 Å². The average Bonchev–Trinajstić information content (AvgIpc) is 3.34. The summed E-state index contributed by atoms with van der Waals surface area (Å²) in [6, 6.07) is 0. The number of nitrogens with zero attached hydrogens (tertiary/aromatic N) is 6. The van der Waals surface area contributed by atoms with Gasteiger partial charge < -0.3 is 9.32 Å². The van der Waals surface area contributed by atoms with Gasteiger partial charge in [0.2, 0.25) is 11.8 Å². The molecule has 1 saturated heterocycles. The van der Waals surface area contributed by atoms with Crippen LogP contribution in [-0.4, -0.2) is 49.1 Å². The highest BCUT2D eigenvalue weighted by atomic mass is 16.4. The first-order valence-electron chi connectivity index (χ1n) is 8.68. The summed E-state index contributed by atoms with van der Waals surface area (Å²) in [4.78, 5) is 14.8. The molecule has 0 bridgehead atoms. The van der Waals surface area contributed by atoms with E-state index in [-0.39, 0.29) is 11.3 Å². The highest BCUT2D eigenvalue weighted by Gasteiger charge is 2.55. The van der Waals surface area contributed by atoms with E-state index < -0.39 is 0 Å². The summed E-state index contributed by atoms with van der Waals surface area (Å²) in [5.41, 5.74) is 0.369. The van der Waals surface area contributed by atoms with Gasteiger partial charge in [0.1, 0.15) is 5.69 Å². The molecule has 3 heterocycles. The monoisotopic (exact) mass is 330 g/mol. The maximum absolute atomic E-state index is 12.9. The third-order valence-electron chi connectivity index (χ3n) is 5.49. The second-order valence-electron chi connectivity index (χ2n) is 6.72. The number of carbonyl (C=O) groups excluding carboxylic acids is 1. The Morgan fingerprint density at radius 1 is 1.42 bits per heavy atom. The fraction of sp³-hybridized carbons (Fsp3) is 0.688. The quantitative estimate of drug-likeness (QED) is 0.842. The molecular formula is C16H22N6O2. The second kappa shape index (κ2) is 5.68. The standard InChI is InChI=1S/C16H22N6O2/c1-3-13-18-19-15(24-13)16-7-5-6-11(16)9-21(10-16)14(23)12-8-17-20-22(12)4-2/h8,11H,3-7,9-10H2,1-2H3/t11-,16-/m0/s1. The van der Waals surface area contributed by atoms with E-state index in [0.717, 1.165) is 32.2 Å². The predicted octanol–water partition coefficient (Wildman–Crippen LogP) is 1.44. The molecule has 1 aliphatic heterocycles. The zero-order valence-corrected chi connectivity index (χ0v) is 14.1. The van der Waals surface area contributed by atoms with Crippen molar-refractivity contribution in [3.63, 3.8) is 0 Å². The van der Waals surface area contributed by atoms with Gasteiger partial charge >= 0.3 is 0 Å². The van der Waals surface area contributed by atoms with E-state index >= 15 is 0 Å². The molecule has 0 radical (unpaired) electrons. The van der Waals surface area contributed by atoms with E-state index in [0.29, 0.717) is 36.5 Å². The van der Waals surface area contributed by atoms with E-state index in [1.165, 1.54) is 0 Å². The van der Waals surface area contributed by atoms with Crippen LogP contribution in [0, 0.1) is 5.92 Å². The lowest BCUT2D eigenvalue weighted by molar-refractivity contribution is 0.0763. The smallest absolute Gasteiger partial charge is 0.273 e. The summed E-state index contributed by atoms with van der Waals surface area (Å²) in [6.07, 6.45) is 5.52. The normalized spacial score (nSPS) is 26.1. The van der Waals surface area contributed by atoms with Gasteiger partial charge in [-0.25, -0.2) is 4.68 Å². The largest absolute Gasteiger partial charge is 0.425 e. The van der Waals surface area contributed by atoms with Crippen LogP contribution in [-0.2, 0) is 18.4 Å². The molecule has 4 rings (SSSR count). The molecule has 1 saturated carbocycles. The van der Waals surface area contributed by atoms with Gasteiger partial charge in [-0.05, 0) is 25.7 Å². The van der Waals surface area contributed by atoms with Crippen molar-refractivity contribution in [2.75, 3.05) is 13.1 Å². The molecule has 2 atom stereocenters. The zero-order valence-electron chi connectivity index (χ0n) is 14.1. The van der Waals surface area contributed by atoms with Crippen LogP contribution in [0.4, 0.5) is 0 Å². The zero-order chi connectivity index (χ0) is 16.7. The number of hydrogen-bond acceptors (Lipinski definition) is 6. The van der Waals surface area contributed by atoms with E-state index in [4.69, 9.17) is 4.42 Å². The number of rotatable bonds is 4. The fourth-order valence-electron chi connectivity index (χ4n) is 4.21. The Morgan fingerprint density at radius 3 is 3.04 bits per heavy atom. The van der Waals surface area contributed by atoms with E-state index in [1.54, 1.807) is 10.9 Å². The Balaban J connectivity index is 1.62. The first-order valence-corrected chi connectivity index (χ1v) is 8.68. The Morgan fingerprint density at radius 2 is 2.29 bits per heavy atom. The third-order valence-corrected chi connectivity index (χ3v) is 5.49. The molecule has 8 heteroatoms. The van der Waals surface area contributed by atoms with Crippen molar-refractivity contribution in [2.45, 2.75) is 51.5 Å². The minimum Gasteiger partial charge on any atom is -0.425 e.